The Bertz CT molecular complexity index is 847. The summed E-state index contributed by atoms with van der Waals surface area (Å²) in [6, 6.07) is 8.92. The number of carbonyl (C=O) groups excluding carboxylic acids is 1. The minimum absolute atomic E-state index is 0.106. The first-order valence-electron chi connectivity index (χ1n) is 6.87. The fourth-order valence-corrected chi connectivity index (χ4v) is 2.28. The highest BCUT2D eigenvalue weighted by Crippen LogP contribution is 2.26. The lowest BCUT2D eigenvalue weighted by Crippen LogP contribution is -2.14. The summed E-state index contributed by atoms with van der Waals surface area (Å²) in [6.45, 7) is 0.266. The molecular weight excluding hydrogens is 376 g/mol. The van der Waals surface area contributed by atoms with Gasteiger partial charge in [-0.3, -0.25) is 9.48 Å². The highest BCUT2D eigenvalue weighted by molar-refractivity contribution is 9.10. The number of amides is 1. The largest absolute Gasteiger partial charge is 0.477 e. The molecule has 0 atom stereocenters. The van der Waals surface area contributed by atoms with Gasteiger partial charge in [0.25, 0.3) is 0 Å². The first kappa shape index (κ1) is 17.4. The molecule has 0 fully saturated rings. The third-order valence-electron chi connectivity index (χ3n) is 3.15. The zero-order chi connectivity index (χ0) is 17.7. The molecule has 0 radical (unpaired) electrons. The molecule has 0 saturated heterocycles. The molecule has 0 aliphatic heterocycles. The molecule has 1 aromatic heterocycles. The van der Waals surface area contributed by atoms with Crippen LogP contribution in [0, 0.1) is 11.3 Å². The number of carboxylic acids is 1. The minimum Gasteiger partial charge on any atom is -0.477 e. The van der Waals surface area contributed by atoms with Crippen molar-refractivity contribution >= 4 is 33.9 Å². The van der Waals surface area contributed by atoms with E-state index in [2.05, 4.69) is 21.0 Å². The van der Waals surface area contributed by atoms with Crippen molar-refractivity contribution in [1.29, 1.82) is 5.26 Å². The van der Waals surface area contributed by atoms with E-state index >= 15 is 0 Å². The highest BCUT2D eigenvalue weighted by atomic mass is 79.9. The quantitative estimate of drug-likeness (QED) is 0.579. The Morgan fingerprint density at radius 1 is 1.38 bits per heavy atom. The van der Waals surface area contributed by atoms with E-state index in [-0.39, 0.29) is 13.0 Å². The number of rotatable bonds is 6. The second-order valence-electron chi connectivity index (χ2n) is 4.89. The van der Waals surface area contributed by atoms with Crippen LogP contribution in [0.2, 0.25) is 0 Å². The van der Waals surface area contributed by atoms with Gasteiger partial charge >= 0.3 is 5.97 Å². The summed E-state index contributed by atoms with van der Waals surface area (Å²) in [4.78, 5) is 22.0. The van der Waals surface area contributed by atoms with Gasteiger partial charge in [-0.15, -0.1) is 0 Å². The lowest BCUT2D eigenvalue weighted by Gasteiger charge is -2.00. The van der Waals surface area contributed by atoms with Crippen LogP contribution < -0.4 is 5.73 Å². The van der Waals surface area contributed by atoms with Gasteiger partial charge in [0.05, 0.1) is 5.69 Å². The molecule has 1 heterocycles. The maximum atomic E-state index is 11.1. The molecule has 8 heteroatoms. The molecule has 0 aliphatic carbocycles. The summed E-state index contributed by atoms with van der Waals surface area (Å²) < 4.78 is 2.39. The second-order valence-corrected chi connectivity index (χ2v) is 5.81. The number of aromatic nitrogens is 2. The third kappa shape index (κ3) is 4.30. The van der Waals surface area contributed by atoms with Gasteiger partial charge in [0, 0.05) is 34.8 Å². The number of nitrogens with two attached hydrogens (primary N) is 1. The number of primary amides is 1. The van der Waals surface area contributed by atoms with Crippen molar-refractivity contribution in [3.05, 3.63) is 46.1 Å². The molecular formula is C16H13BrN4O3. The zero-order valence-electron chi connectivity index (χ0n) is 12.4. The maximum Gasteiger partial charge on any atom is 0.346 e. The van der Waals surface area contributed by atoms with Crippen LogP contribution in [-0.2, 0) is 16.1 Å². The predicted octanol–water partition coefficient (Wildman–Crippen LogP) is 2.18. The van der Waals surface area contributed by atoms with E-state index in [1.807, 2.05) is 24.3 Å². The molecule has 0 saturated carbocycles. The standard InChI is InChI=1S/C16H13BrN4O3/c17-13-3-1-10(2-4-13)15-12(7-11(8-18)16(23)24)9-21(20-15)6-5-14(19)22/h1-4,7,9H,5-6H2,(H2,19,22)(H,23,24). The van der Waals surface area contributed by atoms with Crippen LogP contribution in [0.1, 0.15) is 12.0 Å². The summed E-state index contributed by atoms with van der Waals surface area (Å²) in [5.74, 6) is -1.78. The Kier molecular flexibility index (Phi) is 5.50. The van der Waals surface area contributed by atoms with E-state index in [1.54, 1.807) is 12.3 Å². The van der Waals surface area contributed by atoms with Crippen molar-refractivity contribution in [2.45, 2.75) is 13.0 Å². The van der Waals surface area contributed by atoms with Crippen molar-refractivity contribution in [3.8, 4) is 17.3 Å². The van der Waals surface area contributed by atoms with Crippen molar-refractivity contribution in [3.63, 3.8) is 0 Å². The summed E-state index contributed by atoms with van der Waals surface area (Å²) in [6.07, 6.45) is 2.95. The smallest absolute Gasteiger partial charge is 0.346 e. The summed E-state index contributed by atoms with van der Waals surface area (Å²) in [7, 11) is 0. The molecule has 0 aliphatic rings. The van der Waals surface area contributed by atoms with E-state index in [1.165, 1.54) is 10.8 Å². The van der Waals surface area contributed by atoms with Crippen LogP contribution in [0.25, 0.3) is 17.3 Å². The Hall–Kier alpha value is -2.92. The Labute approximate surface area is 146 Å². The third-order valence-corrected chi connectivity index (χ3v) is 3.67. The van der Waals surface area contributed by atoms with Crippen LogP contribution in [0.5, 0.6) is 0 Å². The Morgan fingerprint density at radius 2 is 2.04 bits per heavy atom. The molecule has 7 nitrogen and oxygen atoms in total. The van der Waals surface area contributed by atoms with Crippen molar-refractivity contribution in [2.75, 3.05) is 0 Å². The first-order valence-corrected chi connectivity index (χ1v) is 7.67. The molecule has 0 bridgehead atoms. The first-order chi connectivity index (χ1) is 11.4. The van der Waals surface area contributed by atoms with Crippen LogP contribution in [-0.4, -0.2) is 26.8 Å². The van der Waals surface area contributed by atoms with Gasteiger partial charge in [-0.1, -0.05) is 28.1 Å². The van der Waals surface area contributed by atoms with Crippen LogP contribution in [0.3, 0.4) is 0 Å². The fourth-order valence-electron chi connectivity index (χ4n) is 2.01. The van der Waals surface area contributed by atoms with E-state index in [4.69, 9.17) is 16.1 Å². The molecule has 3 N–H and O–H groups in total. The number of hydrogen-bond donors (Lipinski definition) is 2. The SMILES string of the molecule is N#CC(=Cc1cn(CCC(N)=O)nc1-c1ccc(Br)cc1)C(=O)O. The van der Waals surface area contributed by atoms with Gasteiger partial charge in [0.2, 0.25) is 5.91 Å². The monoisotopic (exact) mass is 388 g/mol. The Balaban J connectivity index is 2.50. The van der Waals surface area contributed by atoms with E-state index in [0.29, 0.717) is 11.3 Å². The van der Waals surface area contributed by atoms with E-state index < -0.39 is 17.4 Å². The zero-order valence-corrected chi connectivity index (χ0v) is 14.0. The van der Waals surface area contributed by atoms with Crippen LogP contribution in [0.15, 0.2) is 40.5 Å². The summed E-state index contributed by atoms with van der Waals surface area (Å²) in [5, 5.41) is 22.4. The number of aryl methyl sites for hydroxylation is 1. The number of nitrogens with zero attached hydrogens (tertiary/aromatic N) is 3. The maximum absolute atomic E-state index is 11.1. The van der Waals surface area contributed by atoms with Crippen LogP contribution >= 0.6 is 15.9 Å². The molecule has 122 valence electrons. The van der Waals surface area contributed by atoms with Crippen molar-refractivity contribution in [1.82, 2.24) is 9.78 Å². The number of halogens is 1. The fraction of sp³-hybridized carbons (Fsp3) is 0.125. The predicted molar refractivity (Wildman–Crippen MR) is 90.4 cm³/mol. The lowest BCUT2D eigenvalue weighted by molar-refractivity contribution is -0.132. The van der Waals surface area contributed by atoms with Gasteiger partial charge in [-0.2, -0.15) is 10.4 Å². The molecule has 1 amide bonds. The molecule has 1 aromatic carbocycles. The lowest BCUT2D eigenvalue weighted by atomic mass is 10.1. The second kappa shape index (κ2) is 7.57. The molecule has 24 heavy (non-hydrogen) atoms. The average Bonchev–Trinajstić information content (AvgIpc) is 2.94. The number of nitriles is 1. The van der Waals surface area contributed by atoms with Crippen LogP contribution in [0.4, 0.5) is 0 Å². The number of hydrogen-bond acceptors (Lipinski definition) is 4. The van der Waals surface area contributed by atoms with Gasteiger partial charge in [0.1, 0.15) is 11.6 Å². The summed E-state index contributed by atoms with van der Waals surface area (Å²) in [5.41, 5.74) is 6.48. The van der Waals surface area contributed by atoms with Crippen molar-refractivity contribution in [2.24, 2.45) is 5.73 Å². The van der Waals surface area contributed by atoms with E-state index in [0.717, 1.165) is 10.0 Å². The normalized spacial score (nSPS) is 11.1. The number of aliphatic carboxylic acids is 1. The molecule has 2 aromatic rings. The molecule has 0 spiro atoms. The van der Waals surface area contributed by atoms with Gasteiger partial charge in [-0.05, 0) is 18.2 Å². The summed E-state index contributed by atoms with van der Waals surface area (Å²) >= 11 is 3.34. The number of carboxylic acid groups (broad SMARTS) is 1. The number of benzene rings is 1. The molecule has 2 rings (SSSR count). The molecule has 0 unspecified atom stereocenters. The average molecular weight is 389 g/mol. The van der Waals surface area contributed by atoms with Crippen molar-refractivity contribution < 1.29 is 14.7 Å². The van der Waals surface area contributed by atoms with Gasteiger partial charge in [0.15, 0.2) is 0 Å². The highest BCUT2D eigenvalue weighted by Gasteiger charge is 2.14. The van der Waals surface area contributed by atoms with Gasteiger partial charge in [-0.25, -0.2) is 4.79 Å². The Morgan fingerprint density at radius 3 is 2.58 bits per heavy atom. The number of carbonyl (C=O) groups is 2. The van der Waals surface area contributed by atoms with E-state index in [9.17, 15) is 9.59 Å². The van der Waals surface area contributed by atoms with Gasteiger partial charge < -0.3 is 10.8 Å². The topological polar surface area (TPSA) is 122 Å². The minimum atomic E-state index is -1.32.